The number of rotatable bonds is 9. The van der Waals surface area contributed by atoms with E-state index in [9.17, 15) is 0 Å². The van der Waals surface area contributed by atoms with E-state index in [-0.39, 0.29) is 5.95 Å². The fourth-order valence-electron chi connectivity index (χ4n) is 4.02. The molecule has 0 unspecified atom stereocenters. The smallest absolute Gasteiger partial charge is 0.222 e. The van der Waals surface area contributed by atoms with Gasteiger partial charge in [0.25, 0.3) is 0 Å². The topological polar surface area (TPSA) is 97.4 Å². The molecule has 9 nitrogen and oxygen atoms in total. The lowest BCUT2D eigenvalue weighted by molar-refractivity contribution is 0.148. The lowest BCUT2D eigenvalue weighted by Crippen LogP contribution is -2.43. The predicted molar refractivity (Wildman–Crippen MR) is 128 cm³/mol. The summed E-state index contributed by atoms with van der Waals surface area (Å²) in [6, 6.07) is 6.47. The van der Waals surface area contributed by atoms with Gasteiger partial charge in [-0.15, -0.1) is 0 Å². The molecular formula is C23H34N8O. The zero-order valence-corrected chi connectivity index (χ0v) is 19.3. The van der Waals surface area contributed by atoms with Gasteiger partial charge in [0, 0.05) is 44.8 Å². The number of nitrogens with zero attached hydrogens (tertiary/aromatic N) is 6. The Morgan fingerprint density at radius 2 is 1.94 bits per heavy atom. The number of piperazine rings is 1. The molecule has 32 heavy (non-hydrogen) atoms. The van der Waals surface area contributed by atoms with E-state index in [1.165, 1.54) is 5.56 Å². The van der Waals surface area contributed by atoms with E-state index >= 15 is 0 Å². The van der Waals surface area contributed by atoms with Crippen molar-refractivity contribution < 1.29 is 4.74 Å². The van der Waals surface area contributed by atoms with Gasteiger partial charge in [-0.3, -0.25) is 9.58 Å². The summed E-state index contributed by atoms with van der Waals surface area (Å²) in [4.78, 5) is 13.6. The number of likely N-dealkylation sites (N-methyl/N-ethyl adjacent to an activating group) is 1. The fraction of sp³-hybridized carbons (Fsp3) is 0.522. The quantitative estimate of drug-likeness (QED) is 0.492. The molecule has 3 N–H and O–H groups in total. The van der Waals surface area contributed by atoms with E-state index in [1.807, 2.05) is 10.9 Å². The molecule has 9 heteroatoms. The molecule has 0 bridgehead atoms. The summed E-state index contributed by atoms with van der Waals surface area (Å²) in [5.74, 6) is 1.82. The maximum atomic E-state index is 5.91. The van der Waals surface area contributed by atoms with Crippen LogP contribution >= 0.6 is 0 Å². The first kappa shape index (κ1) is 22.3. The molecule has 0 aliphatic carbocycles. The summed E-state index contributed by atoms with van der Waals surface area (Å²) >= 11 is 0. The highest BCUT2D eigenvalue weighted by molar-refractivity contribution is 5.85. The molecule has 0 atom stereocenters. The highest BCUT2D eigenvalue weighted by Crippen LogP contribution is 2.25. The molecule has 0 radical (unpaired) electrons. The van der Waals surface area contributed by atoms with Crippen LogP contribution in [0.2, 0.25) is 0 Å². The average molecular weight is 439 g/mol. The number of nitrogen functional groups attached to an aromatic ring is 1. The number of nitrogens with one attached hydrogen (secondary N) is 1. The highest BCUT2D eigenvalue weighted by atomic mass is 16.5. The zero-order chi connectivity index (χ0) is 22.5. The third kappa shape index (κ3) is 5.28. The molecule has 4 rings (SSSR count). The summed E-state index contributed by atoms with van der Waals surface area (Å²) in [5, 5.41) is 8.07. The maximum absolute atomic E-state index is 5.91. The molecule has 172 valence electrons. The number of nitrogens with two attached hydrogens (primary N) is 1. The van der Waals surface area contributed by atoms with Crippen molar-refractivity contribution in [1.29, 1.82) is 0 Å². The summed E-state index contributed by atoms with van der Waals surface area (Å²) in [5.41, 5.74) is 9.73. The van der Waals surface area contributed by atoms with Crippen LogP contribution < -0.4 is 15.8 Å². The molecule has 2 aromatic heterocycles. The number of anilines is 2. The summed E-state index contributed by atoms with van der Waals surface area (Å²) in [6.45, 7) is 8.94. The van der Waals surface area contributed by atoms with E-state index in [2.05, 4.69) is 57.3 Å². The van der Waals surface area contributed by atoms with Gasteiger partial charge in [-0.25, -0.2) is 4.98 Å². The van der Waals surface area contributed by atoms with Gasteiger partial charge >= 0.3 is 0 Å². The molecule has 1 saturated heterocycles. The second-order valence-corrected chi connectivity index (χ2v) is 8.50. The number of ether oxygens (including phenoxy) is 1. The Kier molecular flexibility index (Phi) is 7.06. The molecule has 1 aliphatic rings. The molecule has 1 aromatic carbocycles. The van der Waals surface area contributed by atoms with Crippen molar-refractivity contribution in [2.75, 3.05) is 57.9 Å². The summed E-state index contributed by atoms with van der Waals surface area (Å²) < 4.78 is 7.60. The van der Waals surface area contributed by atoms with Crippen molar-refractivity contribution in [2.24, 2.45) is 0 Å². The number of unbranched alkanes of at least 4 members (excludes halogenated alkanes) is 1. The van der Waals surface area contributed by atoms with Gasteiger partial charge in [0.2, 0.25) is 5.95 Å². The number of fused-ring (bicyclic) bond motifs is 1. The number of benzene rings is 1. The number of hydrogen-bond donors (Lipinski definition) is 2. The first-order valence-corrected chi connectivity index (χ1v) is 11.4. The van der Waals surface area contributed by atoms with Crippen LogP contribution in [0.15, 0.2) is 24.4 Å². The Hall–Kier alpha value is -2.91. The predicted octanol–water partition coefficient (Wildman–Crippen LogP) is 2.42. The largest absolute Gasteiger partial charge is 0.496 e. The standard InChI is InChI=1S/C23H34N8O/c1-4-5-8-25-22-21-19(26-23(24)27-22)16-31(28-21)15-18-7-6-17(13-20(18)32-3)14-30-11-9-29(2)10-12-30/h6-7,13,16H,4-5,8-12,14-15H2,1-3H3,(H3,24,25,26,27). The minimum absolute atomic E-state index is 0.252. The van der Waals surface area contributed by atoms with Crippen molar-refractivity contribution in [3.63, 3.8) is 0 Å². The van der Waals surface area contributed by atoms with E-state index in [1.54, 1.807) is 7.11 Å². The Balaban J connectivity index is 1.51. The molecule has 0 saturated carbocycles. The summed E-state index contributed by atoms with van der Waals surface area (Å²) in [6.07, 6.45) is 4.08. The van der Waals surface area contributed by atoms with Crippen molar-refractivity contribution in [3.05, 3.63) is 35.5 Å². The lowest BCUT2D eigenvalue weighted by atomic mass is 10.1. The molecule has 0 spiro atoms. The molecule has 0 amide bonds. The van der Waals surface area contributed by atoms with Crippen molar-refractivity contribution >= 4 is 22.8 Å². The van der Waals surface area contributed by atoms with Gasteiger partial charge in [0.05, 0.1) is 19.9 Å². The van der Waals surface area contributed by atoms with Crippen LogP contribution in [0.4, 0.5) is 11.8 Å². The minimum atomic E-state index is 0.252. The Bertz CT molecular complexity index is 1040. The molecule has 1 aliphatic heterocycles. The third-order valence-electron chi connectivity index (χ3n) is 5.94. The van der Waals surface area contributed by atoms with Crippen LogP contribution in [-0.2, 0) is 13.1 Å². The van der Waals surface area contributed by atoms with Gasteiger partial charge in [-0.05, 0) is 25.1 Å². The van der Waals surface area contributed by atoms with Gasteiger partial charge in [0.15, 0.2) is 11.3 Å². The maximum Gasteiger partial charge on any atom is 0.222 e. The molecule has 3 heterocycles. The zero-order valence-electron chi connectivity index (χ0n) is 19.3. The Morgan fingerprint density at radius 3 is 2.69 bits per heavy atom. The third-order valence-corrected chi connectivity index (χ3v) is 5.94. The first-order chi connectivity index (χ1) is 15.6. The van der Waals surface area contributed by atoms with Gasteiger partial charge in [-0.2, -0.15) is 10.1 Å². The SMILES string of the molecule is CCCCNc1nc(N)nc2cn(Cc3ccc(CN4CCN(C)CC4)cc3OC)nc12. The summed E-state index contributed by atoms with van der Waals surface area (Å²) in [7, 11) is 3.90. The average Bonchev–Trinajstić information content (AvgIpc) is 3.18. The number of methoxy groups -OCH3 is 1. The Morgan fingerprint density at radius 1 is 1.12 bits per heavy atom. The fourth-order valence-corrected chi connectivity index (χ4v) is 4.02. The number of aromatic nitrogens is 4. The number of hydrogen-bond acceptors (Lipinski definition) is 8. The van der Waals surface area contributed by atoms with Crippen molar-refractivity contribution in [1.82, 2.24) is 29.5 Å². The van der Waals surface area contributed by atoms with Crippen molar-refractivity contribution in [2.45, 2.75) is 32.9 Å². The molecule has 1 fully saturated rings. The first-order valence-electron chi connectivity index (χ1n) is 11.4. The second-order valence-electron chi connectivity index (χ2n) is 8.50. The Labute approximate surface area is 189 Å². The molecular weight excluding hydrogens is 404 g/mol. The van der Waals surface area contributed by atoms with E-state index in [0.717, 1.165) is 74.5 Å². The van der Waals surface area contributed by atoms with Gasteiger partial charge in [0.1, 0.15) is 11.3 Å². The van der Waals surface area contributed by atoms with Crippen molar-refractivity contribution in [3.8, 4) is 5.75 Å². The van der Waals surface area contributed by atoms with Gasteiger partial charge < -0.3 is 20.7 Å². The monoisotopic (exact) mass is 438 g/mol. The van der Waals surface area contributed by atoms with Crippen LogP contribution in [-0.4, -0.2) is 76.4 Å². The molecule has 3 aromatic rings. The van der Waals surface area contributed by atoms with Crippen LogP contribution in [0, 0.1) is 0 Å². The van der Waals surface area contributed by atoms with Crippen LogP contribution in [0.1, 0.15) is 30.9 Å². The van der Waals surface area contributed by atoms with E-state index in [4.69, 9.17) is 15.6 Å². The van der Waals surface area contributed by atoms with Gasteiger partial charge in [-0.1, -0.05) is 25.5 Å². The van der Waals surface area contributed by atoms with E-state index in [0.29, 0.717) is 12.4 Å². The normalized spacial score (nSPS) is 15.3. The lowest BCUT2D eigenvalue weighted by Gasteiger charge is -2.32. The van der Waals surface area contributed by atoms with Crippen LogP contribution in [0.25, 0.3) is 11.0 Å². The minimum Gasteiger partial charge on any atom is -0.496 e. The van der Waals surface area contributed by atoms with Crippen LogP contribution in [0.3, 0.4) is 0 Å². The second kappa shape index (κ2) is 10.1. The van der Waals surface area contributed by atoms with E-state index < -0.39 is 0 Å². The highest BCUT2D eigenvalue weighted by Gasteiger charge is 2.16. The van der Waals surface area contributed by atoms with Crippen LogP contribution in [0.5, 0.6) is 5.75 Å².